The summed E-state index contributed by atoms with van der Waals surface area (Å²) in [6.45, 7) is 3.85. The van der Waals surface area contributed by atoms with Crippen molar-refractivity contribution in [3.63, 3.8) is 0 Å². The molecule has 224 valence electrons. The van der Waals surface area contributed by atoms with E-state index >= 15 is 0 Å². The van der Waals surface area contributed by atoms with Crippen LogP contribution in [0.25, 0.3) is 0 Å². The van der Waals surface area contributed by atoms with Gasteiger partial charge in [-0.2, -0.15) is 8.42 Å². The molecule has 0 saturated carbocycles. The Kier molecular flexibility index (Phi) is 9.65. The SMILES string of the molecule is C=CCOS(=O)(=O)Cc1ccc(F)c2c1CON(c1csc(C3CCN(C(=O)COc4nccnc4Cl)CC3)n1)OC2. The molecule has 0 aliphatic carbocycles. The minimum atomic E-state index is -3.91. The Morgan fingerprint density at radius 3 is 2.67 bits per heavy atom. The normalized spacial score (nSPS) is 16.1. The second kappa shape index (κ2) is 13.4. The van der Waals surface area contributed by atoms with Crippen LogP contribution in [-0.2, 0) is 47.7 Å². The minimum absolute atomic E-state index is 0.0946. The van der Waals surface area contributed by atoms with Gasteiger partial charge in [-0.3, -0.25) is 8.98 Å². The van der Waals surface area contributed by atoms with Crippen LogP contribution in [-0.4, -0.2) is 60.5 Å². The molecular formula is C26H27ClFN5O7S2. The fourth-order valence-corrected chi connectivity index (χ4v) is 6.67. The molecule has 0 N–H and O–H groups in total. The van der Waals surface area contributed by atoms with Crippen molar-refractivity contribution in [1.29, 1.82) is 0 Å². The number of benzene rings is 1. The predicted octanol–water partition coefficient (Wildman–Crippen LogP) is 3.93. The monoisotopic (exact) mass is 639 g/mol. The smallest absolute Gasteiger partial charge is 0.271 e. The minimum Gasteiger partial charge on any atom is -0.465 e. The molecule has 1 saturated heterocycles. The van der Waals surface area contributed by atoms with Crippen LogP contribution in [0.4, 0.5) is 10.2 Å². The maximum absolute atomic E-state index is 14.7. The highest BCUT2D eigenvalue weighted by Gasteiger charge is 2.29. The van der Waals surface area contributed by atoms with Gasteiger partial charge in [0.2, 0.25) is 0 Å². The first kappa shape index (κ1) is 30.3. The molecule has 2 aromatic heterocycles. The van der Waals surface area contributed by atoms with E-state index in [2.05, 4.69) is 21.5 Å². The van der Waals surface area contributed by atoms with Crippen LogP contribution in [0.3, 0.4) is 0 Å². The molecule has 4 heterocycles. The van der Waals surface area contributed by atoms with Crippen molar-refractivity contribution in [2.24, 2.45) is 0 Å². The molecule has 2 aliphatic rings. The van der Waals surface area contributed by atoms with Gasteiger partial charge in [-0.1, -0.05) is 23.7 Å². The molecule has 12 nitrogen and oxygen atoms in total. The zero-order chi connectivity index (χ0) is 29.7. The third-order valence-corrected chi connectivity index (χ3v) is 9.08. The van der Waals surface area contributed by atoms with Crippen LogP contribution in [0.5, 0.6) is 5.88 Å². The van der Waals surface area contributed by atoms with Crippen molar-refractivity contribution in [2.75, 3.05) is 31.5 Å². The van der Waals surface area contributed by atoms with Crippen LogP contribution < -0.4 is 9.96 Å². The van der Waals surface area contributed by atoms with Gasteiger partial charge in [-0.25, -0.2) is 29.0 Å². The van der Waals surface area contributed by atoms with Crippen LogP contribution in [0, 0.1) is 5.82 Å². The summed E-state index contributed by atoms with van der Waals surface area (Å²) in [6.07, 6.45) is 5.61. The Bertz CT molecular complexity index is 1550. The number of rotatable bonds is 10. The van der Waals surface area contributed by atoms with Crippen molar-refractivity contribution in [3.05, 3.63) is 75.2 Å². The average molecular weight is 640 g/mol. The van der Waals surface area contributed by atoms with Gasteiger partial charge >= 0.3 is 0 Å². The number of likely N-dealkylation sites (tertiary alicyclic amines) is 1. The lowest BCUT2D eigenvalue weighted by molar-refractivity contribution is -0.134. The number of fused-ring (bicyclic) bond motifs is 1. The lowest BCUT2D eigenvalue weighted by Gasteiger charge is -2.31. The van der Waals surface area contributed by atoms with E-state index in [1.165, 1.54) is 41.9 Å². The van der Waals surface area contributed by atoms with Crippen LogP contribution >= 0.6 is 22.9 Å². The Hall–Kier alpha value is -3.21. The highest BCUT2D eigenvalue weighted by atomic mass is 35.5. The number of anilines is 1. The number of hydrogen-bond acceptors (Lipinski definition) is 12. The molecule has 2 aliphatic heterocycles. The highest BCUT2D eigenvalue weighted by molar-refractivity contribution is 7.85. The van der Waals surface area contributed by atoms with Gasteiger partial charge in [0.1, 0.15) is 24.8 Å². The zero-order valence-electron chi connectivity index (χ0n) is 22.3. The third-order valence-electron chi connectivity index (χ3n) is 6.67. The number of halogens is 2. The molecule has 0 unspecified atom stereocenters. The Morgan fingerprint density at radius 1 is 1.19 bits per heavy atom. The summed E-state index contributed by atoms with van der Waals surface area (Å²) in [5, 5.41) is 3.84. The molecule has 1 fully saturated rings. The van der Waals surface area contributed by atoms with Gasteiger partial charge in [0.15, 0.2) is 17.6 Å². The van der Waals surface area contributed by atoms with E-state index in [9.17, 15) is 17.6 Å². The lowest BCUT2D eigenvalue weighted by atomic mass is 9.97. The maximum atomic E-state index is 14.7. The summed E-state index contributed by atoms with van der Waals surface area (Å²) < 4.78 is 49.6. The summed E-state index contributed by atoms with van der Waals surface area (Å²) in [6, 6.07) is 2.60. The van der Waals surface area contributed by atoms with Crippen LogP contribution in [0.2, 0.25) is 5.15 Å². The number of thiazole rings is 1. The van der Waals surface area contributed by atoms with E-state index in [-0.39, 0.29) is 54.8 Å². The van der Waals surface area contributed by atoms with Crippen molar-refractivity contribution in [1.82, 2.24) is 19.9 Å². The fraction of sp³-hybridized carbons (Fsp3) is 0.385. The average Bonchev–Trinajstić information content (AvgIpc) is 3.36. The second-order valence-electron chi connectivity index (χ2n) is 9.38. The Morgan fingerprint density at radius 2 is 1.93 bits per heavy atom. The number of carbonyl (C=O) groups is 1. The molecule has 0 bridgehead atoms. The number of nitrogens with zero attached hydrogens (tertiary/aromatic N) is 5. The van der Waals surface area contributed by atoms with Gasteiger partial charge in [0, 0.05) is 42.3 Å². The van der Waals surface area contributed by atoms with E-state index in [1.54, 1.807) is 10.3 Å². The first-order valence-corrected chi connectivity index (χ1v) is 15.7. The quantitative estimate of drug-likeness (QED) is 0.236. The molecule has 5 rings (SSSR count). The summed E-state index contributed by atoms with van der Waals surface area (Å²) in [5.74, 6) is -0.534. The Labute approximate surface area is 250 Å². The molecule has 1 aromatic carbocycles. The van der Waals surface area contributed by atoms with E-state index in [1.807, 2.05) is 0 Å². The zero-order valence-corrected chi connectivity index (χ0v) is 24.7. The standard InChI is InChI=1S/C26H27ClFN5O7S2/c1-2-11-40-42(35,36)16-18-3-4-21(28)20-13-39-33(38-12-19(18)20)22-15-41-26(31-22)17-5-9-32(10-6-17)23(34)14-37-25-24(27)29-7-8-30-25/h2-4,7-8,15,17H,1,5-6,9-14,16H2. The lowest BCUT2D eigenvalue weighted by Crippen LogP contribution is -2.40. The van der Waals surface area contributed by atoms with E-state index in [4.69, 9.17) is 30.2 Å². The van der Waals surface area contributed by atoms with Crippen molar-refractivity contribution in [3.8, 4) is 5.88 Å². The molecule has 16 heteroatoms. The second-order valence-corrected chi connectivity index (χ2v) is 12.3. The first-order valence-electron chi connectivity index (χ1n) is 12.9. The Balaban J connectivity index is 1.17. The molecule has 0 spiro atoms. The van der Waals surface area contributed by atoms with Crippen LogP contribution in [0.15, 0.2) is 42.6 Å². The topological polar surface area (TPSA) is 133 Å². The van der Waals surface area contributed by atoms with Gasteiger partial charge < -0.3 is 9.64 Å². The first-order chi connectivity index (χ1) is 20.2. The summed E-state index contributed by atoms with van der Waals surface area (Å²) in [7, 11) is -3.91. The number of piperidine rings is 1. The number of amides is 1. The van der Waals surface area contributed by atoms with E-state index in [0.717, 1.165) is 10.2 Å². The largest absolute Gasteiger partial charge is 0.465 e. The molecule has 3 aromatic rings. The van der Waals surface area contributed by atoms with Gasteiger partial charge in [-0.15, -0.1) is 23.1 Å². The molecule has 0 atom stereocenters. The van der Waals surface area contributed by atoms with E-state index in [0.29, 0.717) is 42.9 Å². The van der Waals surface area contributed by atoms with Crippen molar-refractivity contribution < 1.29 is 36.2 Å². The van der Waals surface area contributed by atoms with Gasteiger partial charge in [0.25, 0.3) is 21.9 Å². The van der Waals surface area contributed by atoms with Crippen molar-refractivity contribution in [2.45, 2.75) is 37.7 Å². The molecule has 1 amide bonds. The summed E-state index contributed by atoms with van der Waals surface area (Å²) in [4.78, 5) is 38.3. The van der Waals surface area contributed by atoms with Crippen LogP contribution in [0.1, 0.15) is 40.5 Å². The molecule has 0 radical (unpaired) electrons. The molecular weight excluding hydrogens is 613 g/mol. The number of hydrogen-bond donors (Lipinski definition) is 0. The predicted molar refractivity (Wildman–Crippen MR) is 150 cm³/mol. The van der Waals surface area contributed by atoms with Gasteiger partial charge in [-0.05, 0) is 30.0 Å². The fourth-order valence-electron chi connectivity index (χ4n) is 4.54. The van der Waals surface area contributed by atoms with Gasteiger partial charge in [0.05, 0.1) is 11.6 Å². The number of aromatic nitrogens is 3. The highest BCUT2D eigenvalue weighted by Crippen LogP contribution is 2.34. The number of ether oxygens (including phenoxy) is 1. The number of carbonyl (C=O) groups excluding carboxylic acids is 1. The summed E-state index contributed by atoms with van der Waals surface area (Å²) >= 11 is 7.36. The van der Waals surface area contributed by atoms with Crippen molar-refractivity contribution >= 4 is 44.8 Å². The summed E-state index contributed by atoms with van der Waals surface area (Å²) in [5.41, 5.74) is 0.930. The maximum Gasteiger partial charge on any atom is 0.271 e. The third kappa shape index (κ3) is 7.22. The van der Waals surface area contributed by atoms with E-state index < -0.39 is 21.7 Å². The molecule has 42 heavy (non-hydrogen) atoms.